The van der Waals surface area contributed by atoms with Crippen LogP contribution in [0.2, 0.25) is 0 Å². The molecule has 0 spiro atoms. The summed E-state index contributed by atoms with van der Waals surface area (Å²) in [5, 5.41) is 37.7. The van der Waals surface area contributed by atoms with E-state index in [1.165, 1.54) is 0 Å². The van der Waals surface area contributed by atoms with Crippen LogP contribution < -0.4 is 0 Å². The normalized spacial score (nSPS) is 10.9. The highest BCUT2D eigenvalue weighted by molar-refractivity contribution is 5.42. The van der Waals surface area contributed by atoms with Gasteiger partial charge >= 0.3 is 0 Å². The van der Waals surface area contributed by atoms with E-state index in [1.54, 1.807) is 12.1 Å². The van der Waals surface area contributed by atoms with Crippen molar-refractivity contribution in [1.29, 1.82) is 0 Å². The number of hydrogen-bond acceptors (Lipinski definition) is 4. The summed E-state index contributed by atoms with van der Waals surface area (Å²) in [4.78, 5) is 0. The number of aliphatic hydroxyl groups excluding tert-OH is 4. The third-order valence-corrected chi connectivity index (χ3v) is 3.78. The second-order valence-corrected chi connectivity index (χ2v) is 4.92. The molecule has 0 aliphatic rings. The third kappa shape index (κ3) is 3.31. The highest BCUT2D eigenvalue weighted by atomic mass is 16.3. The van der Waals surface area contributed by atoms with Crippen LogP contribution in [0.1, 0.15) is 33.4 Å². The molecule has 2 aromatic carbocycles. The summed E-state index contributed by atoms with van der Waals surface area (Å²) in [5.74, 6) is 0. The Morgan fingerprint density at radius 1 is 0.524 bits per heavy atom. The van der Waals surface area contributed by atoms with Crippen molar-refractivity contribution in [2.45, 2.75) is 32.8 Å². The molecule has 2 aromatic rings. The molecule has 4 N–H and O–H groups in total. The molecule has 0 heterocycles. The lowest BCUT2D eigenvalue weighted by Gasteiger charge is -2.15. The van der Waals surface area contributed by atoms with Gasteiger partial charge in [-0.15, -0.1) is 0 Å². The van der Waals surface area contributed by atoms with Gasteiger partial charge in [-0.25, -0.2) is 0 Å². The van der Waals surface area contributed by atoms with Gasteiger partial charge in [-0.3, -0.25) is 0 Å². The Bertz CT molecular complexity index is 554. The van der Waals surface area contributed by atoms with Gasteiger partial charge in [0, 0.05) is 0 Å². The minimum atomic E-state index is -0.139. The van der Waals surface area contributed by atoms with Crippen LogP contribution in [0.4, 0.5) is 0 Å². The molecule has 0 unspecified atom stereocenters. The van der Waals surface area contributed by atoms with Crippen molar-refractivity contribution in [2.24, 2.45) is 0 Å². The predicted octanol–water partition coefficient (Wildman–Crippen LogP) is 1.25. The standard InChI is InChI=1S/C17H20O4/c18-8-14-5-1-3-12(16(14)10-20)7-13-4-2-6-15(9-19)17(13)11-21/h1-6,18-21H,7-11H2. The number of rotatable bonds is 6. The SMILES string of the molecule is OCc1cccc(Cc2cccc(CO)c2CO)c1CO. The monoisotopic (exact) mass is 288 g/mol. The number of aliphatic hydroxyl groups is 4. The first-order valence-electron chi connectivity index (χ1n) is 6.87. The van der Waals surface area contributed by atoms with Gasteiger partial charge in [0.15, 0.2) is 0 Å². The fourth-order valence-corrected chi connectivity index (χ4v) is 2.61. The summed E-state index contributed by atoms with van der Waals surface area (Å²) >= 11 is 0. The molecule has 0 fully saturated rings. The summed E-state index contributed by atoms with van der Waals surface area (Å²) in [7, 11) is 0. The molecular weight excluding hydrogens is 268 g/mol. The maximum absolute atomic E-state index is 9.54. The lowest BCUT2D eigenvalue weighted by Crippen LogP contribution is -2.05. The quantitative estimate of drug-likeness (QED) is 0.645. The van der Waals surface area contributed by atoms with Gasteiger partial charge in [0.1, 0.15) is 0 Å². The van der Waals surface area contributed by atoms with Crippen LogP contribution in [-0.4, -0.2) is 20.4 Å². The minimum Gasteiger partial charge on any atom is -0.392 e. The topological polar surface area (TPSA) is 80.9 Å². The first-order chi connectivity index (χ1) is 10.2. The fourth-order valence-electron chi connectivity index (χ4n) is 2.61. The average molecular weight is 288 g/mol. The molecular formula is C17H20O4. The smallest absolute Gasteiger partial charge is 0.0688 e. The summed E-state index contributed by atoms with van der Waals surface area (Å²) in [5.41, 5.74) is 4.68. The zero-order chi connectivity index (χ0) is 15.2. The van der Waals surface area contributed by atoms with E-state index in [0.717, 1.165) is 22.3 Å². The van der Waals surface area contributed by atoms with Gasteiger partial charge in [-0.1, -0.05) is 36.4 Å². The average Bonchev–Trinajstić information content (AvgIpc) is 2.54. The van der Waals surface area contributed by atoms with E-state index in [-0.39, 0.29) is 26.4 Å². The Morgan fingerprint density at radius 2 is 0.905 bits per heavy atom. The van der Waals surface area contributed by atoms with Crippen molar-refractivity contribution in [2.75, 3.05) is 0 Å². The van der Waals surface area contributed by atoms with Gasteiger partial charge < -0.3 is 20.4 Å². The highest BCUT2D eigenvalue weighted by Gasteiger charge is 2.11. The van der Waals surface area contributed by atoms with Gasteiger partial charge in [0.2, 0.25) is 0 Å². The van der Waals surface area contributed by atoms with E-state index < -0.39 is 0 Å². The maximum atomic E-state index is 9.54. The van der Waals surface area contributed by atoms with Crippen LogP contribution in [0, 0.1) is 0 Å². The van der Waals surface area contributed by atoms with Crippen LogP contribution in [0.3, 0.4) is 0 Å². The van der Waals surface area contributed by atoms with Crippen LogP contribution in [-0.2, 0) is 32.8 Å². The molecule has 4 heteroatoms. The summed E-state index contributed by atoms with van der Waals surface area (Å²) < 4.78 is 0. The van der Waals surface area contributed by atoms with Gasteiger partial charge in [-0.2, -0.15) is 0 Å². The van der Waals surface area contributed by atoms with Crippen molar-refractivity contribution in [3.8, 4) is 0 Å². The molecule has 0 saturated carbocycles. The summed E-state index contributed by atoms with van der Waals surface area (Å²) in [6.07, 6.45) is 0.535. The molecule has 0 bridgehead atoms. The van der Waals surface area contributed by atoms with Crippen molar-refractivity contribution < 1.29 is 20.4 Å². The molecule has 0 amide bonds. The zero-order valence-electron chi connectivity index (χ0n) is 11.8. The first kappa shape index (κ1) is 15.7. The second-order valence-electron chi connectivity index (χ2n) is 4.92. The van der Waals surface area contributed by atoms with E-state index in [9.17, 15) is 20.4 Å². The Hall–Kier alpha value is -1.72. The Kier molecular flexibility index (Phi) is 5.47. The minimum absolute atomic E-state index is 0.118. The molecule has 112 valence electrons. The van der Waals surface area contributed by atoms with E-state index in [1.807, 2.05) is 24.3 Å². The fraction of sp³-hybridized carbons (Fsp3) is 0.294. The second kappa shape index (κ2) is 7.33. The molecule has 0 aromatic heterocycles. The van der Waals surface area contributed by atoms with Crippen molar-refractivity contribution >= 4 is 0 Å². The summed E-state index contributed by atoms with van der Waals surface area (Å²) in [6, 6.07) is 11.1. The highest BCUT2D eigenvalue weighted by Crippen LogP contribution is 2.23. The van der Waals surface area contributed by atoms with Crippen molar-refractivity contribution in [1.82, 2.24) is 0 Å². The molecule has 0 saturated heterocycles. The van der Waals surface area contributed by atoms with E-state index in [2.05, 4.69) is 0 Å². The van der Waals surface area contributed by atoms with Crippen molar-refractivity contribution in [3.05, 3.63) is 69.8 Å². The van der Waals surface area contributed by atoms with Gasteiger partial charge in [0.05, 0.1) is 26.4 Å². The molecule has 4 nitrogen and oxygen atoms in total. The van der Waals surface area contributed by atoms with Gasteiger partial charge in [0.25, 0.3) is 0 Å². The Balaban J connectivity index is 2.43. The van der Waals surface area contributed by atoms with E-state index in [0.29, 0.717) is 17.5 Å². The molecule has 21 heavy (non-hydrogen) atoms. The number of benzene rings is 2. The van der Waals surface area contributed by atoms with E-state index >= 15 is 0 Å². The summed E-state index contributed by atoms with van der Waals surface area (Å²) in [6.45, 7) is -0.513. The van der Waals surface area contributed by atoms with Crippen molar-refractivity contribution in [3.63, 3.8) is 0 Å². The first-order valence-corrected chi connectivity index (χ1v) is 6.87. The molecule has 0 atom stereocenters. The molecule has 2 rings (SSSR count). The Labute approximate surface area is 123 Å². The lowest BCUT2D eigenvalue weighted by atomic mass is 9.92. The van der Waals surface area contributed by atoms with Gasteiger partial charge in [-0.05, 0) is 39.8 Å². The Morgan fingerprint density at radius 3 is 1.24 bits per heavy atom. The number of hydrogen-bond donors (Lipinski definition) is 4. The molecule has 0 aliphatic carbocycles. The molecule has 0 aliphatic heterocycles. The van der Waals surface area contributed by atoms with E-state index in [4.69, 9.17) is 0 Å². The maximum Gasteiger partial charge on any atom is 0.0688 e. The van der Waals surface area contributed by atoms with Crippen LogP contribution in [0.25, 0.3) is 0 Å². The lowest BCUT2D eigenvalue weighted by molar-refractivity contribution is 0.258. The largest absolute Gasteiger partial charge is 0.392 e. The predicted molar refractivity (Wildman–Crippen MR) is 79.4 cm³/mol. The van der Waals surface area contributed by atoms with Crippen LogP contribution in [0.5, 0.6) is 0 Å². The zero-order valence-corrected chi connectivity index (χ0v) is 11.8. The van der Waals surface area contributed by atoms with Crippen LogP contribution >= 0.6 is 0 Å². The van der Waals surface area contributed by atoms with Crippen LogP contribution in [0.15, 0.2) is 36.4 Å². The third-order valence-electron chi connectivity index (χ3n) is 3.78. The molecule has 0 radical (unpaired) electrons.